The molecule has 1 unspecified atom stereocenters. The summed E-state index contributed by atoms with van der Waals surface area (Å²) in [5, 5.41) is 6.12. The third-order valence-corrected chi connectivity index (χ3v) is 4.05. The zero-order valence-corrected chi connectivity index (χ0v) is 12.6. The van der Waals surface area contributed by atoms with Crippen LogP contribution < -0.4 is 10.6 Å². The summed E-state index contributed by atoms with van der Waals surface area (Å²) in [6, 6.07) is -0.169. The molecule has 1 fully saturated rings. The summed E-state index contributed by atoms with van der Waals surface area (Å²) >= 11 is 0. The minimum Gasteiger partial charge on any atom is -0.344 e. The van der Waals surface area contributed by atoms with Crippen molar-refractivity contribution >= 4 is 5.91 Å². The minimum atomic E-state index is -0.169. The van der Waals surface area contributed by atoms with Gasteiger partial charge >= 0.3 is 0 Å². The van der Waals surface area contributed by atoms with Gasteiger partial charge in [0.15, 0.2) is 0 Å². The molecule has 0 aliphatic heterocycles. The molecule has 3 nitrogen and oxygen atoms in total. The van der Waals surface area contributed by atoms with E-state index in [-0.39, 0.29) is 11.9 Å². The molecular weight excluding hydrogens is 236 g/mol. The van der Waals surface area contributed by atoms with E-state index in [0.717, 1.165) is 6.54 Å². The van der Waals surface area contributed by atoms with Crippen LogP contribution in [0, 0.1) is 23.7 Å². The Hall–Kier alpha value is -1.01. The van der Waals surface area contributed by atoms with Crippen LogP contribution in [0.5, 0.6) is 0 Å². The lowest BCUT2D eigenvalue weighted by molar-refractivity contribution is -0.122. The summed E-state index contributed by atoms with van der Waals surface area (Å²) in [7, 11) is 0. The van der Waals surface area contributed by atoms with Crippen LogP contribution >= 0.6 is 0 Å². The Morgan fingerprint density at radius 1 is 1.32 bits per heavy atom. The van der Waals surface area contributed by atoms with Gasteiger partial charge in [0.1, 0.15) is 0 Å². The monoisotopic (exact) mass is 264 g/mol. The van der Waals surface area contributed by atoms with E-state index >= 15 is 0 Å². The van der Waals surface area contributed by atoms with Crippen molar-refractivity contribution in [1.29, 1.82) is 0 Å². The Morgan fingerprint density at radius 2 is 1.95 bits per heavy atom. The van der Waals surface area contributed by atoms with E-state index in [0.29, 0.717) is 17.9 Å². The van der Waals surface area contributed by atoms with Gasteiger partial charge < -0.3 is 10.6 Å². The molecule has 19 heavy (non-hydrogen) atoms. The van der Waals surface area contributed by atoms with Crippen LogP contribution in [0.1, 0.15) is 52.9 Å². The molecule has 1 aliphatic rings. The Labute approximate surface area is 117 Å². The van der Waals surface area contributed by atoms with Crippen molar-refractivity contribution in [2.75, 3.05) is 13.1 Å². The van der Waals surface area contributed by atoms with Gasteiger partial charge in [0.2, 0.25) is 5.91 Å². The highest BCUT2D eigenvalue weighted by Crippen LogP contribution is 2.42. The first-order valence-corrected chi connectivity index (χ1v) is 7.44. The highest BCUT2D eigenvalue weighted by atomic mass is 16.2. The summed E-state index contributed by atoms with van der Waals surface area (Å²) < 4.78 is 0. The van der Waals surface area contributed by atoms with Gasteiger partial charge in [-0.15, -0.1) is 6.42 Å². The van der Waals surface area contributed by atoms with Crippen LogP contribution in [0.15, 0.2) is 0 Å². The van der Waals surface area contributed by atoms with E-state index < -0.39 is 0 Å². The van der Waals surface area contributed by atoms with Crippen molar-refractivity contribution < 1.29 is 4.79 Å². The first-order valence-electron chi connectivity index (χ1n) is 7.44. The summed E-state index contributed by atoms with van der Waals surface area (Å²) in [5.74, 6) is 3.13. The first-order chi connectivity index (χ1) is 8.99. The van der Waals surface area contributed by atoms with Crippen molar-refractivity contribution in [1.82, 2.24) is 10.6 Å². The maximum Gasteiger partial charge on any atom is 0.237 e. The molecule has 3 heteroatoms. The second-order valence-corrected chi connectivity index (χ2v) is 6.33. The fraction of sp³-hybridized carbons (Fsp3) is 0.812. The van der Waals surface area contributed by atoms with Crippen LogP contribution in [0.4, 0.5) is 0 Å². The molecule has 2 N–H and O–H groups in total. The highest BCUT2D eigenvalue weighted by Gasteiger charge is 2.34. The van der Waals surface area contributed by atoms with Crippen LogP contribution in [-0.2, 0) is 4.79 Å². The standard InChI is InChI=1S/C16H28N2O/c1-5-10-17-15(19)14(4)18-12-16(11-13(2)3)8-6-7-9-16/h1,13-14,18H,6-12H2,2-4H3,(H,17,19). The molecule has 108 valence electrons. The van der Waals surface area contributed by atoms with Crippen LogP contribution in [-0.4, -0.2) is 25.0 Å². The van der Waals surface area contributed by atoms with E-state index in [2.05, 4.69) is 30.4 Å². The molecule has 0 heterocycles. The zero-order chi connectivity index (χ0) is 14.3. The van der Waals surface area contributed by atoms with Gasteiger partial charge in [-0.1, -0.05) is 32.6 Å². The molecule has 0 saturated heterocycles. The fourth-order valence-electron chi connectivity index (χ4n) is 3.20. The molecule has 1 saturated carbocycles. The van der Waals surface area contributed by atoms with E-state index in [9.17, 15) is 4.79 Å². The number of rotatable bonds is 7. The minimum absolute atomic E-state index is 0.00403. The van der Waals surface area contributed by atoms with Crippen molar-refractivity contribution in [3.8, 4) is 12.3 Å². The Kier molecular flexibility index (Phi) is 6.37. The van der Waals surface area contributed by atoms with E-state index in [1.807, 2.05) is 6.92 Å². The third-order valence-electron chi connectivity index (χ3n) is 4.05. The van der Waals surface area contributed by atoms with Gasteiger partial charge in [0.25, 0.3) is 0 Å². The number of amides is 1. The van der Waals surface area contributed by atoms with E-state index in [1.54, 1.807) is 0 Å². The zero-order valence-electron chi connectivity index (χ0n) is 12.6. The quantitative estimate of drug-likeness (QED) is 0.693. The summed E-state index contributed by atoms with van der Waals surface area (Å²) in [4.78, 5) is 11.8. The number of hydrogen-bond acceptors (Lipinski definition) is 2. The number of terminal acetylenes is 1. The molecule has 0 aromatic rings. The lowest BCUT2D eigenvalue weighted by atomic mass is 9.78. The molecular formula is C16H28N2O. The maximum absolute atomic E-state index is 11.8. The molecule has 0 radical (unpaired) electrons. The van der Waals surface area contributed by atoms with Gasteiger partial charge in [-0.3, -0.25) is 4.79 Å². The van der Waals surface area contributed by atoms with Crippen molar-refractivity contribution in [2.45, 2.75) is 58.9 Å². The summed E-state index contributed by atoms with van der Waals surface area (Å²) in [5.41, 5.74) is 0.398. The molecule has 1 aliphatic carbocycles. The Morgan fingerprint density at radius 3 is 2.47 bits per heavy atom. The van der Waals surface area contributed by atoms with E-state index in [1.165, 1.54) is 32.1 Å². The predicted octanol–water partition coefficient (Wildman–Crippen LogP) is 2.32. The lowest BCUT2D eigenvalue weighted by Gasteiger charge is -2.32. The molecule has 1 atom stereocenters. The van der Waals surface area contributed by atoms with Gasteiger partial charge in [-0.2, -0.15) is 0 Å². The molecule has 0 aromatic heterocycles. The molecule has 1 rings (SSSR count). The molecule has 0 bridgehead atoms. The topological polar surface area (TPSA) is 41.1 Å². The van der Waals surface area contributed by atoms with Crippen molar-refractivity contribution in [3.05, 3.63) is 0 Å². The van der Waals surface area contributed by atoms with Gasteiger partial charge in [-0.05, 0) is 37.5 Å². The van der Waals surface area contributed by atoms with Crippen LogP contribution in [0.25, 0.3) is 0 Å². The Balaban J connectivity index is 2.44. The van der Waals surface area contributed by atoms with Gasteiger partial charge in [-0.25, -0.2) is 0 Å². The average Bonchev–Trinajstić information content (AvgIpc) is 2.81. The summed E-state index contributed by atoms with van der Waals surface area (Å²) in [6.07, 6.45) is 11.6. The van der Waals surface area contributed by atoms with Crippen LogP contribution in [0.2, 0.25) is 0 Å². The number of carbonyl (C=O) groups excluding carboxylic acids is 1. The van der Waals surface area contributed by atoms with Crippen molar-refractivity contribution in [2.24, 2.45) is 11.3 Å². The normalized spacial score (nSPS) is 19.1. The molecule has 0 aromatic carbocycles. The van der Waals surface area contributed by atoms with E-state index in [4.69, 9.17) is 6.42 Å². The number of nitrogens with one attached hydrogen (secondary N) is 2. The fourth-order valence-corrected chi connectivity index (χ4v) is 3.20. The Bertz CT molecular complexity index is 324. The maximum atomic E-state index is 11.8. The first kappa shape index (κ1) is 16.0. The molecule has 0 spiro atoms. The van der Waals surface area contributed by atoms with Crippen LogP contribution in [0.3, 0.4) is 0 Å². The smallest absolute Gasteiger partial charge is 0.237 e. The number of hydrogen-bond donors (Lipinski definition) is 2. The van der Waals surface area contributed by atoms with Crippen molar-refractivity contribution in [3.63, 3.8) is 0 Å². The third kappa shape index (κ3) is 5.24. The highest BCUT2D eigenvalue weighted by molar-refractivity contribution is 5.81. The second-order valence-electron chi connectivity index (χ2n) is 6.33. The van der Waals surface area contributed by atoms with Gasteiger partial charge in [0, 0.05) is 6.54 Å². The molecule has 1 amide bonds. The lowest BCUT2D eigenvalue weighted by Crippen LogP contribution is -2.46. The summed E-state index contributed by atoms with van der Waals surface area (Å²) in [6.45, 7) is 7.72. The van der Waals surface area contributed by atoms with Gasteiger partial charge in [0.05, 0.1) is 12.6 Å². The second kappa shape index (κ2) is 7.55. The largest absolute Gasteiger partial charge is 0.344 e. The predicted molar refractivity (Wildman–Crippen MR) is 79.7 cm³/mol. The average molecular weight is 264 g/mol. The number of carbonyl (C=O) groups is 1. The SMILES string of the molecule is C#CCNC(=O)C(C)NCC1(CC(C)C)CCCC1.